The average Bonchev–Trinajstić information content (AvgIpc) is 2.98. The molecule has 0 bridgehead atoms. The third-order valence-corrected chi connectivity index (χ3v) is 6.82. The monoisotopic (exact) mass is 335 g/mol. The quantitative estimate of drug-likeness (QED) is 0.593. The molecule has 3 heteroatoms. The zero-order valence-corrected chi connectivity index (χ0v) is 16.6. The Morgan fingerprint density at radius 3 is 2.21 bits per heavy atom. The maximum absolute atomic E-state index is 13.2. The van der Waals surface area contributed by atoms with Crippen LogP contribution < -0.4 is 5.32 Å². The highest BCUT2D eigenvalue weighted by atomic mass is 16.6. The van der Waals surface area contributed by atoms with Gasteiger partial charge in [-0.15, -0.1) is 0 Å². The number of nitrogens with one attached hydrogen (secondary N) is 1. The number of fused-ring (bicyclic) bond motifs is 1. The third-order valence-electron chi connectivity index (χ3n) is 6.82. The van der Waals surface area contributed by atoms with Crippen molar-refractivity contribution in [3.8, 4) is 0 Å². The lowest BCUT2D eigenvalue weighted by Crippen LogP contribution is -2.47. The lowest BCUT2D eigenvalue weighted by Gasteiger charge is -2.45. The van der Waals surface area contributed by atoms with Crippen LogP contribution in [-0.4, -0.2) is 22.6 Å². The van der Waals surface area contributed by atoms with Gasteiger partial charge in [0.2, 0.25) is 0 Å². The predicted molar refractivity (Wildman–Crippen MR) is 97.8 cm³/mol. The molecule has 2 saturated carbocycles. The molecule has 1 N–H and O–H groups in total. The molecule has 4 unspecified atom stereocenters. The van der Waals surface area contributed by atoms with Gasteiger partial charge >= 0.3 is 5.97 Å². The molecule has 4 atom stereocenters. The average molecular weight is 336 g/mol. The van der Waals surface area contributed by atoms with Crippen LogP contribution in [0.2, 0.25) is 0 Å². The van der Waals surface area contributed by atoms with Gasteiger partial charge in [0.05, 0.1) is 0 Å². The molecule has 0 aromatic carbocycles. The van der Waals surface area contributed by atoms with Crippen LogP contribution in [0.15, 0.2) is 0 Å². The summed E-state index contributed by atoms with van der Waals surface area (Å²) < 4.78 is 6.24. The molecule has 3 rings (SSSR count). The van der Waals surface area contributed by atoms with Crippen LogP contribution in [-0.2, 0) is 9.53 Å². The van der Waals surface area contributed by atoms with E-state index >= 15 is 0 Å². The minimum Gasteiger partial charge on any atom is -0.458 e. The number of carbonyl (C=O) groups excluding carboxylic acids is 1. The lowest BCUT2D eigenvalue weighted by molar-refractivity contribution is -0.170. The third kappa shape index (κ3) is 3.38. The summed E-state index contributed by atoms with van der Waals surface area (Å²) in [6.07, 6.45) is 9.62. The van der Waals surface area contributed by atoms with Crippen molar-refractivity contribution in [1.29, 1.82) is 0 Å². The van der Waals surface area contributed by atoms with E-state index in [9.17, 15) is 4.79 Å². The molecular formula is C21H37NO2. The number of rotatable bonds is 3. The number of esters is 1. The van der Waals surface area contributed by atoms with Gasteiger partial charge in [0, 0.05) is 5.54 Å². The Balaban J connectivity index is 1.69. The first kappa shape index (κ1) is 18.2. The highest BCUT2D eigenvalue weighted by Crippen LogP contribution is 2.50. The Bertz CT molecular complexity index is 506. The summed E-state index contributed by atoms with van der Waals surface area (Å²) in [4.78, 5) is 13.2. The summed E-state index contributed by atoms with van der Waals surface area (Å²) in [6.45, 7) is 13.0. The molecule has 2 aliphatic carbocycles. The summed E-state index contributed by atoms with van der Waals surface area (Å²) in [7, 11) is 0. The fourth-order valence-electron chi connectivity index (χ4n) is 5.43. The first-order valence-corrected chi connectivity index (χ1v) is 9.99. The SMILES string of the molecule is CC(C)(C)CC1(C(=O)OC2(C)CCC3CCCCC3C2)NC1(C)C. The number of hydrogen-bond acceptors (Lipinski definition) is 3. The minimum atomic E-state index is -0.502. The van der Waals surface area contributed by atoms with Gasteiger partial charge in [-0.2, -0.15) is 0 Å². The summed E-state index contributed by atoms with van der Waals surface area (Å²) in [6, 6.07) is 0. The summed E-state index contributed by atoms with van der Waals surface area (Å²) in [5.41, 5.74) is -0.823. The summed E-state index contributed by atoms with van der Waals surface area (Å²) in [5, 5.41) is 3.47. The number of ether oxygens (including phenoxy) is 1. The van der Waals surface area contributed by atoms with E-state index < -0.39 is 5.54 Å². The van der Waals surface area contributed by atoms with E-state index in [1.165, 1.54) is 32.1 Å². The minimum absolute atomic E-state index is 0.0146. The van der Waals surface area contributed by atoms with Crippen LogP contribution in [0.5, 0.6) is 0 Å². The zero-order valence-electron chi connectivity index (χ0n) is 16.6. The molecular weight excluding hydrogens is 298 g/mol. The van der Waals surface area contributed by atoms with Gasteiger partial charge in [-0.3, -0.25) is 5.32 Å². The molecule has 0 spiro atoms. The largest absolute Gasteiger partial charge is 0.458 e. The Hall–Kier alpha value is -0.570. The fourth-order valence-corrected chi connectivity index (χ4v) is 5.43. The Morgan fingerprint density at radius 2 is 1.67 bits per heavy atom. The second-order valence-corrected chi connectivity index (χ2v) is 10.8. The molecule has 0 radical (unpaired) electrons. The molecule has 3 nitrogen and oxygen atoms in total. The van der Waals surface area contributed by atoms with E-state index in [2.05, 4.69) is 46.9 Å². The van der Waals surface area contributed by atoms with Crippen molar-refractivity contribution in [1.82, 2.24) is 5.32 Å². The van der Waals surface area contributed by atoms with Crippen molar-refractivity contribution in [3.05, 3.63) is 0 Å². The van der Waals surface area contributed by atoms with Gasteiger partial charge in [0.15, 0.2) is 0 Å². The van der Waals surface area contributed by atoms with Crippen molar-refractivity contribution >= 4 is 5.97 Å². The second kappa shape index (κ2) is 5.72. The van der Waals surface area contributed by atoms with Gasteiger partial charge in [0.1, 0.15) is 11.1 Å². The second-order valence-electron chi connectivity index (χ2n) is 10.8. The number of carbonyl (C=O) groups is 1. The normalized spacial score (nSPS) is 41.4. The Labute approximate surface area is 148 Å². The van der Waals surface area contributed by atoms with Crippen LogP contribution in [0, 0.1) is 17.3 Å². The molecule has 0 amide bonds. The maximum Gasteiger partial charge on any atom is 0.328 e. The highest BCUT2D eigenvalue weighted by molar-refractivity contribution is 5.87. The molecule has 0 aromatic rings. The summed E-state index contributed by atoms with van der Waals surface area (Å²) in [5.74, 6) is 1.63. The lowest BCUT2D eigenvalue weighted by atomic mass is 9.66. The molecule has 3 aliphatic rings. The highest BCUT2D eigenvalue weighted by Gasteiger charge is 2.68. The van der Waals surface area contributed by atoms with Gasteiger partial charge in [-0.25, -0.2) is 4.79 Å². The van der Waals surface area contributed by atoms with E-state index in [0.717, 1.165) is 31.1 Å². The molecule has 3 fully saturated rings. The maximum atomic E-state index is 13.2. The van der Waals surface area contributed by atoms with Crippen molar-refractivity contribution in [2.24, 2.45) is 17.3 Å². The smallest absolute Gasteiger partial charge is 0.328 e. The fraction of sp³-hybridized carbons (Fsp3) is 0.952. The van der Waals surface area contributed by atoms with Crippen molar-refractivity contribution in [2.75, 3.05) is 0 Å². The van der Waals surface area contributed by atoms with Crippen LogP contribution in [0.3, 0.4) is 0 Å². The van der Waals surface area contributed by atoms with Crippen LogP contribution in [0.4, 0.5) is 0 Å². The Kier molecular flexibility index (Phi) is 4.35. The van der Waals surface area contributed by atoms with Crippen LogP contribution >= 0.6 is 0 Å². The van der Waals surface area contributed by atoms with Gasteiger partial charge in [-0.1, -0.05) is 46.5 Å². The first-order chi connectivity index (χ1) is 11.0. The number of hydrogen-bond donors (Lipinski definition) is 1. The van der Waals surface area contributed by atoms with Crippen molar-refractivity contribution in [2.45, 2.75) is 110 Å². The van der Waals surface area contributed by atoms with Crippen molar-refractivity contribution in [3.63, 3.8) is 0 Å². The molecule has 1 heterocycles. The zero-order chi connectivity index (χ0) is 17.8. The van der Waals surface area contributed by atoms with Crippen molar-refractivity contribution < 1.29 is 9.53 Å². The molecule has 1 saturated heterocycles. The molecule has 24 heavy (non-hydrogen) atoms. The van der Waals surface area contributed by atoms with Crippen LogP contribution in [0.1, 0.15) is 92.9 Å². The molecule has 138 valence electrons. The topological polar surface area (TPSA) is 48.2 Å². The summed E-state index contributed by atoms with van der Waals surface area (Å²) >= 11 is 0. The van der Waals surface area contributed by atoms with E-state index in [-0.39, 0.29) is 22.5 Å². The van der Waals surface area contributed by atoms with Crippen LogP contribution in [0.25, 0.3) is 0 Å². The van der Waals surface area contributed by atoms with E-state index in [0.29, 0.717) is 0 Å². The standard InChI is InChI=1S/C21H37NO2/c1-18(2,3)14-21(19(4,5)22-21)17(23)24-20(6)12-11-15-9-7-8-10-16(15)13-20/h15-16,22H,7-14H2,1-6H3. The van der Waals surface area contributed by atoms with E-state index in [4.69, 9.17) is 4.74 Å². The van der Waals surface area contributed by atoms with Gasteiger partial charge < -0.3 is 4.74 Å². The first-order valence-electron chi connectivity index (χ1n) is 9.99. The predicted octanol–water partition coefficient (Wildman–Crippen LogP) is 4.84. The molecule has 0 aromatic heterocycles. The Morgan fingerprint density at radius 1 is 1.08 bits per heavy atom. The van der Waals surface area contributed by atoms with Gasteiger partial charge in [-0.05, 0) is 63.7 Å². The van der Waals surface area contributed by atoms with E-state index in [1.54, 1.807) is 0 Å². The van der Waals surface area contributed by atoms with Gasteiger partial charge in [0.25, 0.3) is 0 Å². The van der Waals surface area contributed by atoms with E-state index in [1.807, 2.05) is 0 Å². The molecule has 1 aliphatic heterocycles.